The zero-order valence-corrected chi connectivity index (χ0v) is 16.9. The lowest BCUT2D eigenvalue weighted by molar-refractivity contribution is -0.155. The molecule has 7 heteroatoms. The molecule has 2 saturated heterocycles. The van der Waals surface area contributed by atoms with Gasteiger partial charge in [0, 0.05) is 36.8 Å². The van der Waals surface area contributed by atoms with Crippen LogP contribution in [0.4, 0.5) is 5.69 Å². The summed E-state index contributed by atoms with van der Waals surface area (Å²) in [6.07, 6.45) is 3.37. The number of hydrogen-bond donors (Lipinski definition) is 2. The van der Waals surface area contributed by atoms with Gasteiger partial charge in [-0.15, -0.1) is 0 Å². The summed E-state index contributed by atoms with van der Waals surface area (Å²) in [5.41, 5.74) is 5.21. The number of rotatable bonds is 4. The lowest BCUT2D eigenvalue weighted by Gasteiger charge is -2.51. The number of nitrogens with zero attached hydrogens (tertiary/aromatic N) is 2. The normalized spacial score (nSPS) is 30.0. The molecular formula is C21H30N4O3. The Morgan fingerprint density at radius 2 is 2.11 bits per heavy atom. The standard InChI is InChI=1S/C21H30N4O3/c1-4-24-19-12-14(5-8-17(19)25-18(21(24)27)9-10-22-25)20(26)23-16-7-6-15(28-3)11-13(16)2/h6-7,11,14,17-19,22H,4-5,8-10,12H2,1-3H3,(H,23,26). The van der Waals surface area contributed by atoms with Crippen LogP contribution >= 0.6 is 0 Å². The van der Waals surface area contributed by atoms with Gasteiger partial charge in [-0.2, -0.15) is 0 Å². The van der Waals surface area contributed by atoms with Gasteiger partial charge in [0.25, 0.3) is 0 Å². The van der Waals surface area contributed by atoms with Crippen LogP contribution in [0.1, 0.15) is 38.2 Å². The second-order valence-electron chi connectivity index (χ2n) is 8.06. The maximum atomic E-state index is 13.0. The number of fused-ring (bicyclic) bond motifs is 3. The third kappa shape index (κ3) is 3.26. The lowest BCUT2D eigenvalue weighted by atomic mass is 9.78. The van der Waals surface area contributed by atoms with Crippen molar-refractivity contribution in [3.63, 3.8) is 0 Å². The summed E-state index contributed by atoms with van der Waals surface area (Å²) in [7, 11) is 1.64. The SMILES string of the molecule is CCN1C(=O)C2CCNN2C2CCC(C(=O)Nc3ccc(OC)cc3C)CC21. The van der Waals surface area contributed by atoms with Crippen molar-refractivity contribution < 1.29 is 14.3 Å². The molecule has 152 valence electrons. The van der Waals surface area contributed by atoms with E-state index in [4.69, 9.17) is 4.74 Å². The van der Waals surface area contributed by atoms with Crippen LogP contribution in [-0.2, 0) is 9.59 Å². The average molecular weight is 386 g/mol. The van der Waals surface area contributed by atoms with Crippen LogP contribution in [0.3, 0.4) is 0 Å². The van der Waals surface area contributed by atoms with E-state index in [1.54, 1.807) is 7.11 Å². The minimum absolute atomic E-state index is 0.0338. The highest BCUT2D eigenvalue weighted by molar-refractivity contribution is 5.93. The van der Waals surface area contributed by atoms with Gasteiger partial charge < -0.3 is 15.0 Å². The van der Waals surface area contributed by atoms with Crippen LogP contribution in [0.15, 0.2) is 18.2 Å². The van der Waals surface area contributed by atoms with E-state index in [0.717, 1.165) is 49.2 Å². The Hall–Kier alpha value is -2.12. The summed E-state index contributed by atoms with van der Waals surface area (Å²) in [6, 6.07) is 6.03. The molecule has 28 heavy (non-hydrogen) atoms. The molecule has 0 aromatic heterocycles. The first-order chi connectivity index (χ1) is 13.5. The Kier molecular flexibility index (Phi) is 5.29. The van der Waals surface area contributed by atoms with Crippen molar-refractivity contribution in [3.05, 3.63) is 23.8 Å². The van der Waals surface area contributed by atoms with Gasteiger partial charge >= 0.3 is 0 Å². The molecule has 0 bridgehead atoms. The van der Waals surface area contributed by atoms with Gasteiger partial charge in [0.15, 0.2) is 0 Å². The minimum Gasteiger partial charge on any atom is -0.497 e. The quantitative estimate of drug-likeness (QED) is 0.827. The highest BCUT2D eigenvalue weighted by Crippen LogP contribution is 2.37. The molecule has 4 rings (SSSR count). The monoisotopic (exact) mass is 386 g/mol. The van der Waals surface area contributed by atoms with Gasteiger partial charge in [-0.05, 0) is 63.3 Å². The summed E-state index contributed by atoms with van der Waals surface area (Å²) in [5, 5.41) is 5.27. The lowest BCUT2D eigenvalue weighted by Crippen LogP contribution is -2.68. The van der Waals surface area contributed by atoms with Crippen molar-refractivity contribution in [2.24, 2.45) is 5.92 Å². The van der Waals surface area contributed by atoms with Crippen molar-refractivity contribution in [1.29, 1.82) is 0 Å². The largest absolute Gasteiger partial charge is 0.497 e. The summed E-state index contributed by atoms with van der Waals surface area (Å²) < 4.78 is 5.24. The molecule has 4 unspecified atom stereocenters. The van der Waals surface area contributed by atoms with Crippen LogP contribution in [0.5, 0.6) is 5.75 Å². The van der Waals surface area contributed by atoms with Crippen molar-refractivity contribution >= 4 is 17.5 Å². The van der Waals surface area contributed by atoms with E-state index in [0.29, 0.717) is 12.6 Å². The predicted molar refractivity (Wildman–Crippen MR) is 107 cm³/mol. The zero-order valence-electron chi connectivity index (χ0n) is 16.9. The Morgan fingerprint density at radius 3 is 2.82 bits per heavy atom. The first-order valence-corrected chi connectivity index (χ1v) is 10.3. The molecule has 4 atom stereocenters. The number of aryl methyl sites for hydroxylation is 1. The third-order valence-corrected chi connectivity index (χ3v) is 6.56. The topological polar surface area (TPSA) is 73.9 Å². The molecule has 3 aliphatic rings. The third-order valence-electron chi connectivity index (χ3n) is 6.56. The smallest absolute Gasteiger partial charge is 0.241 e. The average Bonchev–Trinajstić information content (AvgIpc) is 3.20. The fourth-order valence-corrected chi connectivity index (χ4v) is 5.08. The molecule has 2 heterocycles. The number of methoxy groups -OCH3 is 1. The molecule has 1 aliphatic carbocycles. The molecule has 1 aromatic carbocycles. The first-order valence-electron chi connectivity index (χ1n) is 10.3. The first kappa shape index (κ1) is 19.2. The summed E-state index contributed by atoms with van der Waals surface area (Å²) in [6.45, 7) is 5.57. The molecular weight excluding hydrogens is 356 g/mol. The van der Waals surface area contributed by atoms with Gasteiger partial charge in [-0.1, -0.05) is 0 Å². The number of hydrazine groups is 1. The second kappa shape index (κ2) is 7.72. The van der Waals surface area contributed by atoms with Gasteiger partial charge in [0.2, 0.25) is 11.8 Å². The number of piperazine rings is 1. The van der Waals surface area contributed by atoms with E-state index in [-0.39, 0.29) is 29.8 Å². The summed E-state index contributed by atoms with van der Waals surface area (Å²) in [5.74, 6) is 0.958. The maximum absolute atomic E-state index is 13.0. The number of hydrogen-bond acceptors (Lipinski definition) is 5. The molecule has 2 N–H and O–H groups in total. The van der Waals surface area contributed by atoms with E-state index in [1.807, 2.05) is 36.9 Å². The van der Waals surface area contributed by atoms with Crippen LogP contribution in [0.2, 0.25) is 0 Å². The van der Waals surface area contributed by atoms with E-state index < -0.39 is 0 Å². The van der Waals surface area contributed by atoms with Gasteiger partial charge in [-0.3, -0.25) is 15.0 Å². The van der Waals surface area contributed by atoms with E-state index in [9.17, 15) is 9.59 Å². The number of amides is 2. The molecule has 1 aromatic rings. The summed E-state index contributed by atoms with van der Waals surface area (Å²) >= 11 is 0. The number of nitrogens with one attached hydrogen (secondary N) is 2. The number of likely N-dealkylation sites (N-methyl/N-ethyl adjacent to an activating group) is 1. The fourth-order valence-electron chi connectivity index (χ4n) is 5.08. The Balaban J connectivity index is 1.47. The van der Waals surface area contributed by atoms with E-state index in [1.165, 1.54) is 0 Å². The summed E-state index contributed by atoms with van der Waals surface area (Å²) in [4.78, 5) is 27.9. The number of anilines is 1. The molecule has 2 aliphatic heterocycles. The molecule has 2 amide bonds. The van der Waals surface area contributed by atoms with Gasteiger partial charge in [0.1, 0.15) is 11.8 Å². The van der Waals surface area contributed by atoms with Crippen LogP contribution < -0.4 is 15.5 Å². The number of carbonyl (C=O) groups is 2. The fraction of sp³-hybridized carbons (Fsp3) is 0.619. The molecule has 7 nitrogen and oxygen atoms in total. The maximum Gasteiger partial charge on any atom is 0.241 e. The van der Waals surface area contributed by atoms with Gasteiger partial charge in [0.05, 0.1) is 7.11 Å². The number of ether oxygens (including phenoxy) is 1. The molecule has 0 radical (unpaired) electrons. The molecule has 3 fully saturated rings. The number of benzene rings is 1. The highest BCUT2D eigenvalue weighted by Gasteiger charge is 2.51. The predicted octanol–water partition coefficient (Wildman–Crippen LogP) is 1.92. The molecule has 0 spiro atoms. The van der Waals surface area contributed by atoms with Crippen molar-refractivity contribution in [2.75, 3.05) is 25.5 Å². The Morgan fingerprint density at radius 1 is 1.29 bits per heavy atom. The Bertz CT molecular complexity index is 768. The van der Waals surface area contributed by atoms with E-state index >= 15 is 0 Å². The minimum atomic E-state index is -0.0799. The van der Waals surface area contributed by atoms with E-state index in [2.05, 4.69) is 15.8 Å². The van der Waals surface area contributed by atoms with Crippen LogP contribution in [0.25, 0.3) is 0 Å². The van der Waals surface area contributed by atoms with Crippen molar-refractivity contribution in [1.82, 2.24) is 15.3 Å². The van der Waals surface area contributed by atoms with Crippen molar-refractivity contribution in [2.45, 2.75) is 57.7 Å². The van der Waals surface area contributed by atoms with Crippen molar-refractivity contribution in [3.8, 4) is 5.75 Å². The Labute approximate surface area is 166 Å². The second-order valence-corrected chi connectivity index (χ2v) is 8.06. The molecule has 1 saturated carbocycles. The number of carbonyl (C=O) groups excluding carboxylic acids is 2. The van der Waals surface area contributed by atoms with Gasteiger partial charge in [-0.25, -0.2) is 5.01 Å². The zero-order chi connectivity index (χ0) is 19.8. The van der Waals surface area contributed by atoms with Crippen LogP contribution in [-0.4, -0.2) is 60.0 Å². The van der Waals surface area contributed by atoms with Crippen LogP contribution in [0, 0.1) is 12.8 Å². The highest BCUT2D eigenvalue weighted by atomic mass is 16.5.